The van der Waals surface area contributed by atoms with Gasteiger partial charge in [0.15, 0.2) is 6.61 Å². The Morgan fingerprint density at radius 1 is 0.593 bits per heavy atom. The number of hydrogen-bond acceptors (Lipinski definition) is 6. The molecule has 0 fully saturated rings. The fourth-order valence-electron chi connectivity index (χ4n) is 2.22. The molecule has 0 N–H and O–H groups in total. The quantitative estimate of drug-likeness (QED) is 0.513. The topological polar surface area (TPSA) is 86.7 Å². The predicted octanol–water partition coefficient (Wildman–Crippen LogP) is 4.09. The van der Waals surface area contributed by atoms with Crippen molar-refractivity contribution in [2.75, 3.05) is 6.61 Å². The third-order valence-corrected chi connectivity index (χ3v) is 3.33. The summed E-state index contributed by atoms with van der Waals surface area (Å²) in [6.45, 7) is 7.87. The lowest BCUT2D eigenvalue weighted by Gasteiger charge is -2.13. The summed E-state index contributed by atoms with van der Waals surface area (Å²) in [5.41, 5.74) is 1.55. The van der Waals surface area contributed by atoms with Crippen molar-refractivity contribution >= 4 is 23.7 Å². The van der Waals surface area contributed by atoms with Crippen molar-refractivity contribution in [1.82, 2.24) is 0 Å². The van der Waals surface area contributed by atoms with Crippen LogP contribution in [0.1, 0.15) is 69.1 Å². The molecule has 2 heterocycles. The van der Waals surface area contributed by atoms with Gasteiger partial charge >= 0.3 is 17.9 Å². The molecule has 2 aliphatic heterocycles. The molecule has 2 aliphatic rings. The number of esters is 3. The van der Waals surface area contributed by atoms with Crippen molar-refractivity contribution in [3.8, 4) is 0 Å². The smallest absolute Gasteiger partial charge is 0.346 e. The van der Waals surface area contributed by atoms with E-state index >= 15 is 0 Å². The van der Waals surface area contributed by atoms with E-state index in [1.54, 1.807) is 48.5 Å². The van der Waals surface area contributed by atoms with Crippen LogP contribution in [-0.4, -0.2) is 30.3 Å². The van der Waals surface area contributed by atoms with Crippen molar-refractivity contribution in [2.45, 2.75) is 27.7 Å². The standard InChI is InChI=1S/C9H6O3.C8H4O3.2C2H6/c10-8-5-12-9(11)7-4-2-1-3-6(7)8;9-7-5-3-1-2-4-6(5)8(10)11-7;2*1-2/h1-4H,5H2;1-4H;2*1-2H3. The van der Waals surface area contributed by atoms with Crippen LogP contribution < -0.4 is 0 Å². The molecule has 4 rings (SSSR count). The maximum Gasteiger partial charge on any atom is 0.346 e. The Balaban J connectivity index is 0.000000229. The second kappa shape index (κ2) is 10.7. The molecule has 0 atom stereocenters. The van der Waals surface area contributed by atoms with E-state index in [0.29, 0.717) is 22.3 Å². The zero-order valence-corrected chi connectivity index (χ0v) is 15.8. The van der Waals surface area contributed by atoms with Crippen LogP contribution in [-0.2, 0) is 9.47 Å². The molecule has 6 heteroatoms. The number of fused-ring (bicyclic) bond motifs is 2. The molecule has 0 aromatic heterocycles. The zero-order chi connectivity index (χ0) is 20.4. The highest BCUT2D eigenvalue weighted by Crippen LogP contribution is 2.18. The molecule has 0 saturated carbocycles. The van der Waals surface area contributed by atoms with Crippen LogP contribution in [0.3, 0.4) is 0 Å². The second-order valence-corrected chi connectivity index (χ2v) is 4.77. The normalized spacial score (nSPS) is 13.2. The summed E-state index contributed by atoms with van der Waals surface area (Å²) in [5, 5.41) is 0. The molecule has 2 aromatic carbocycles. The number of rotatable bonds is 0. The molecular formula is C21H22O6. The summed E-state index contributed by atoms with van der Waals surface area (Å²) >= 11 is 0. The van der Waals surface area contributed by atoms with Crippen LogP contribution in [0.2, 0.25) is 0 Å². The van der Waals surface area contributed by atoms with Gasteiger partial charge in [-0.3, -0.25) is 4.79 Å². The van der Waals surface area contributed by atoms with Gasteiger partial charge in [0.05, 0.1) is 16.7 Å². The first-order valence-electron chi connectivity index (χ1n) is 8.73. The molecule has 0 spiro atoms. The van der Waals surface area contributed by atoms with Gasteiger partial charge in [0, 0.05) is 5.56 Å². The number of carbonyl (C=O) groups is 4. The van der Waals surface area contributed by atoms with Crippen molar-refractivity contribution in [3.63, 3.8) is 0 Å². The van der Waals surface area contributed by atoms with Crippen LogP contribution in [0.15, 0.2) is 48.5 Å². The molecule has 2 aromatic rings. The van der Waals surface area contributed by atoms with Gasteiger partial charge in [-0.1, -0.05) is 58.0 Å². The van der Waals surface area contributed by atoms with Gasteiger partial charge in [0.2, 0.25) is 5.78 Å². The van der Waals surface area contributed by atoms with E-state index in [9.17, 15) is 19.2 Å². The SMILES string of the molecule is CC.CC.O=C1COC(=O)c2ccccc21.O=C1OC(=O)c2ccccc21. The lowest BCUT2D eigenvalue weighted by molar-refractivity contribution is 0.0436. The van der Waals surface area contributed by atoms with Gasteiger partial charge < -0.3 is 9.47 Å². The van der Waals surface area contributed by atoms with Crippen LogP contribution in [0.5, 0.6) is 0 Å². The Labute approximate surface area is 158 Å². The highest BCUT2D eigenvalue weighted by molar-refractivity contribution is 6.14. The number of hydrogen-bond donors (Lipinski definition) is 0. The zero-order valence-electron chi connectivity index (χ0n) is 15.8. The van der Waals surface area contributed by atoms with Gasteiger partial charge in [-0.2, -0.15) is 0 Å². The summed E-state index contributed by atoms with van der Waals surface area (Å²) in [5.74, 6) is -1.65. The first kappa shape index (κ1) is 21.8. The van der Waals surface area contributed by atoms with Crippen molar-refractivity contribution in [1.29, 1.82) is 0 Å². The van der Waals surface area contributed by atoms with Crippen molar-refractivity contribution < 1.29 is 28.7 Å². The molecule has 27 heavy (non-hydrogen) atoms. The molecule has 142 valence electrons. The van der Waals surface area contributed by atoms with E-state index in [4.69, 9.17) is 0 Å². The Morgan fingerprint density at radius 2 is 0.963 bits per heavy atom. The Bertz CT molecular complexity index is 770. The number of Topliss-reactive ketones (excluding diaryl/α,β-unsaturated/α-hetero) is 1. The third-order valence-electron chi connectivity index (χ3n) is 3.33. The Morgan fingerprint density at radius 3 is 1.37 bits per heavy atom. The minimum atomic E-state index is -0.550. The predicted molar refractivity (Wildman–Crippen MR) is 99.9 cm³/mol. The second-order valence-electron chi connectivity index (χ2n) is 4.77. The maximum atomic E-state index is 11.2. The molecule has 0 aliphatic carbocycles. The first-order valence-corrected chi connectivity index (χ1v) is 8.73. The fraction of sp³-hybridized carbons (Fsp3) is 0.238. The van der Waals surface area contributed by atoms with Crippen molar-refractivity contribution in [3.05, 3.63) is 70.8 Å². The van der Waals surface area contributed by atoms with Crippen LogP contribution >= 0.6 is 0 Å². The first-order chi connectivity index (χ1) is 13.1. The minimum Gasteiger partial charge on any atom is -0.454 e. The molecule has 0 unspecified atom stereocenters. The van der Waals surface area contributed by atoms with E-state index in [-0.39, 0.29) is 12.4 Å². The molecular weight excluding hydrogens is 348 g/mol. The number of carbonyl (C=O) groups excluding carboxylic acids is 4. The monoisotopic (exact) mass is 370 g/mol. The maximum absolute atomic E-state index is 11.2. The van der Waals surface area contributed by atoms with Crippen LogP contribution in [0.4, 0.5) is 0 Å². The highest BCUT2D eigenvalue weighted by Gasteiger charge is 2.28. The Hall–Kier alpha value is -3.28. The number of benzene rings is 2. The number of ether oxygens (including phenoxy) is 2. The van der Waals surface area contributed by atoms with Gasteiger partial charge in [-0.05, 0) is 18.2 Å². The van der Waals surface area contributed by atoms with Gasteiger partial charge in [0.1, 0.15) is 0 Å². The van der Waals surface area contributed by atoms with Crippen LogP contribution in [0, 0.1) is 0 Å². The number of cyclic esters (lactones) is 3. The molecule has 0 radical (unpaired) electrons. The van der Waals surface area contributed by atoms with E-state index in [2.05, 4.69) is 9.47 Å². The average molecular weight is 370 g/mol. The summed E-state index contributed by atoms with van der Waals surface area (Å²) < 4.78 is 8.98. The third kappa shape index (κ3) is 5.10. The Kier molecular flexibility index (Phi) is 8.59. The number of ketones is 1. The van der Waals surface area contributed by atoms with Gasteiger partial charge in [-0.15, -0.1) is 0 Å². The average Bonchev–Trinajstić information content (AvgIpc) is 3.03. The van der Waals surface area contributed by atoms with Crippen LogP contribution in [0.25, 0.3) is 0 Å². The molecule has 0 saturated heterocycles. The lowest BCUT2D eigenvalue weighted by atomic mass is 10.0. The summed E-state index contributed by atoms with van der Waals surface area (Å²) in [6, 6.07) is 13.2. The van der Waals surface area contributed by atoms with Crippen molar-refractivity contribution in [2.24, 2.45) is 0 Å². The molecule has 0 amide bonds. The largest absolute Gasteiger partial charge is 0.454 e. The lowest BCUT2D eigenvalue weighted by Crippen LogP contribution is -2.23. The molecule has 6 nitrogen and oxygen atoms in total. The van der Waals surface area contributed by atoms with E-state index in [1.807, 2.05) is 27.7 Å². The van der Waals surface area contributed by atoms with Gasteiger partial charge in [-0.25, -0.2) is 14.4 Å². The summed E-state index contributed by atoms with van der Waals surface area (Å²) in [7, 11) is 0. The minimum absolute atomic E-state index is 0.129. The van der Waals surface area contributed by atoms with E-state index < -0.39 is 17.9 Å². The van der Waals surface area contributed by atoms with E-state index in [0.717, 1.165) is 0 Å². The van der Waals surface area contributed by atoms with E-state index in [1.165, 1.54) is 0 Å². The highest BCUT2D eigenvalue weighted by atomic mass is 16.6. The summed E-state index contributed by atoms with van der Waals surface area (Å²) in [4.78, 5) is 43.9. The fourth-order valence-corrected chi connectivity index (χ4v) is 2.22. The van der Waals surface area contributed by atoms with Gasteiger partial charge in [0.25, 0.3) is 0 Å². The molecule has 0 bridgehead atoms. The summed E-state index contributed by atoms with van der Waals surface area (Å²) in [6.07, 6.45) is 0.